The summed E-state index contributed by atoms with van der Waals surface area (Å²) in [4.78, 5) is 18.1. The molecule has 2 rings (SSSR count). The number of rotatable bonds is 3. The van der Waals surface area contributed by atoms with Crippen LogP contribution in [-0.4, -0.2) is 21.0 Å². The zero-order valence-electron chi connectivity index (χ0n) is 10.8. The largest absolute Gasteiger partial charge is 0.476 e. The van der Waals surface area contributed by atoms with Crippen LogP contribution in [0.4, 0.5) is 24.7 Å². The molecule has 1 aromatic heterocycles. The van der Waals surface area contributed by atoms with E-state index in [1.54, 1.807) is 6.92 Å². The molecule has 0 fully saturated rings. The van der Waals surface area contributed by atoms with E-state index in [4.69, 9.17) is 5.11 Å². The topological polar surface area (TPSA) is 75.1 Å². The Labute approximate surface area is 117 Å². The van der Waals surface area contributed by atoms with Crippen LogP contribution in [0.3, 0.4) is 0 Å². The first-order valence-electron chi connectivity index (χ1n) is 5.77. The number of hydrogen-bond donors (Lipinski definition) is 2. The van der Waals surface area contributed by atoms with Gasteiger partial charge in [-0.05, 0) is 24.6 Å². The zero-order valence-corrected chi connectivity index (χ0v) is 10.8. The number of carboxylic acids is 1. The highest BCUT2D eigenvalue weighted by Crippen LogP contribution is 2.32. The molecule has 2 N–H and O–H groups in total. The molecule has 8 heteroatoms. The molecule has 0 bridgehead atoms. The maximum atomic E-state index is 12.7. The van der Waals surface area contributed by atoms with Crippen LogP contribution >= 0.6 is 0 Å². The average Bonchev–Trinajstić information content (AvgIpc) is 2.40. The number of carbonyl (C=O) groups is 1. The Bertz CT molecular complexity index is 669. The van der Waals surface area contributed by atoms with Crippen molar-refractivity contribution in [2.75, 3.05) is 5.32 Å². The van der Waals surface area contributed by atoms with Crippen LogP contribution in [0.5, 0.6) is 0 Å². The number of alkyl halides is 3. The van der Waals surface area contributed by atoms with E-state index in [0.717, 1.165) is 24.5 Å². The van der Waals surface area contributed by atoms with Gasteiger partial charge >= 0.3 is 12.1 Å². The Kier molecular flexibility index (Phi) is 3.79. The second-order valence-electron chi connectivity index (χ2n) is 4.24. The lowest BCUT2D eigenvalue weighted by atomic mass is 10.1. The predicted octanol–water partition coefficient (Wildman–Crippen LogP) is 3.25. The van der Waals surface area contributed by atoms with Crippen molar-refractivity contribution in [2.24, 2.45) is 0 Å². The summed E-state index contributed by atoms with van der Waals surface area (Å²) in [5, 5.41) is 11.4. The predicted molar refractivity (Wildman–Crippen MR) is 68.5 cm³/mol. The molecule has 0 aliphatic rings. The number of halogens is 3. The van der Waals surface area contributed by atoms with Gasteiger partial charge in [-0.3, -0.25) is 0 Å². The lowest BCUT2D eigenvalue weighted by molar-refractivity contribution is -0.137. The van der Waals surface area contributed by atoms with Crippen LogP contribution in [0.15, 0.2) is 30.6 Å². The first-order valence-corrected chi connectivity index (χ1v) is 5.77. The second-order valence-corrected chi connectivity index (χ2v) is 4.24. The van der Waals surface area contributed by atoms with Crippen molar-refractivity contribution < 1.29 is 23.1 Å². The molecule has 2 aromatic rings. The smallest absolute Gasteiger partial charge is 0.416 e. The Morgan fingerprint density at radius 2 is 1.95 bits per heavy atom. The summed E-state index contributed by atoms with van der Waals surface area (Å²) < 4.78 is 38.0. The number of aromatic nitrogens is 2. The summed E-state index contributed by atoms with van der Waals surface area (Å²) in [7, 11) is 0. The molecule has 110 valence electrons. The molecule has 0 aliphatic carbocycles. The third-order valence-corrected chi connectivity index (χ3v) is 2.70. The molecular weight excluding hydrogens is 287 g/mol. The van der Waals surface area contributed by atoms with Gasteiger partial charge in [-0.25, -0.2) is 14.8 Å². The van der Waals surface area contributed by atoms with E-state index in [-0.39, 0.29) is 17.2 Å². The molecule has 0 saturated heterocycles. The van der Waals surface area contributed by atoms with E-state index in [1.165, 1.54) is 6.07 Å². The normalized spacial score (nSPS) is 11.2. The maximum Gasteiger partial charge on any atom is 0.416 e. The number of benzene rings is 1. The van der Waals surface area contributed by atoms with Crippen LogP contribution < -0.4 is 5.32 Å². The molecule has 1 heterocycles. The van der Waals surface area contributed by atoms with Gasteiger partial charge in [0.2, 0.25) is 0 Å². The van der Waals surface area contributed by atoms with Crippen LogP contribution in [0, 0.1) is 6.92 Å². The summed E-state index contributed by atoms with van der Waals surface area (Å²) >= 11 is 0. The number of nitrogens with zero attached hydrogens (tertiary/aromatic N) is 2. The number of carboxylic acid groups (broad SMARTS) is 1. The van der Waals surface area contributed by atoms with Gasteiger partial charge in [-0.15, -0.1) is 0 Å². The molecule has 0 spiro atoms. The molecule has 0 unspecified atom stereocenters. The molecule has 1 aromatic carbocycles. The fraction of sp³-hybridized carbons (Fsp3) is 0.154. The highest BCUT2D eigenvalue weighted by molar-refractivity contribution is 5.85. The number of nitrogens with one attached hydrogen (secondary N) is 1. The van der Waals surface area contributed by atoms with Crippen LogP contribution in [0.2, 0.25) is 0 Å². The van der Waals surface area contributed by atoms with Gasteiger partial charge in [-0.1, -0.05) is 6.07 Å². The first kappa shape index (κ1) is 14.8. The number of aryl methyl sites for hydroxylation is 1. The molecule has 0 aliphatic heterocycles. The van der Waals surface area contributed by atoms with Crippen molar-refractivity contribution in [1.82, 2.24) is 9.97 Å². The average molecular weight is 297 g/mol. The highest BCUT2D eigenvalue weighted by Gasteiger charge is 2.30. The van der Waals surface area contributed by atoms with Crippen LogP contribution in [0.25, 0.3) is 0 Å². The van der Waals surface area contributed by atoms with Gasteiger partial charge in [0.15, 0.2) is 5.69 Å². The van der Waals surface area contributed by atoms with Gasteiger partial charge in [0.05, 0.1) is 18.0 Å². The number of aromatic carboxylic acids is 1. The molecule has 0 radical (unpaired) electrons. The zero-order chi connectivity index (χ0) is 15.6. The Morgan fingerprint density at radius 3 is 2.48 bits per heavy atom. The van der Waals surface area contributed by atoms with Crippen LogP contribution in [0.1, 0.15) is 21.6 Å². The van der Waals surface area contributed by atoms with Crippen molar-refractivity contribution in [3.8, 4) is 0 Å². The third-order valence-electron chi connectivity index (χ3n) is 2.70. The number of hydrogen-bond acceptors (Lipinski definition) is 4. The van der Waals surface area contributed by atoms with E-state index in [1.807, 2.05) is 0 Å². The van der Waals surface area contributed by atoms with E-state index in [0.29, 0.717) is 5.56 Å². The summed E-state index contributed by atoms with van der Waals surface area (Å²) in [5.74, 6) is -1.08. The fourth-order valence-electron chi connectivity index (χ4n) is 1.57. The summed E-state index contributed by atoms with van der Waals surface area (Å²) in [6, 6.07) is 3.28. The minimum Gasteiger partial charge on any atom is -0.476 e. The summed E-state index contributed by atoms with van der Waals surface area (Å²) in [5.41, 5.74) is -0.221. The fourth-order valence-corrected chi connectivity index (χ4v) is 1.57. The Hall–Kier alpha value is -2.64. The van der Waals surface area contributed by atoms with Crippen molar-refractivity contribution >= 4 is 17.5 Å². The van der Waals surface area contributed by atoms with Crippen molar-refractivity contribution in [3.05, 3.63) is 47.4 Å². The highest BCUT2D eigenvalue weighted by atomic mass is 19.4. The molecule has 5 nitrogen and oxygen atoms in total. The van der Waals surface area contributed by atoms with Crippen molar-refractivity contribution in [3.63, 3.8) is 0 Å². The van der Waals surface area contributed by atoms with Crippen molar-refractivity contribution in [1.29, 1.82) is 0 Å². The Morgan fingerprint density at radius 1 is 1.24 bits per heavy atom. The summed E-state index contributed by atoms with van der Waals surface area (Å²) in [6.45, 7) is 1.64. The minimum absolute atomic E-state index is 0.155. The lowest BCUT2D eigenvalue weighted by Crippen LogP contribution is -2.07. The quantitative estimate of drug-likeness (QED) is 0.909. The van der Waals surface area contributed by atoms with E-state index >= 15 is 0 Å². The van der Waals surface area contributed by atoms with E-state index < -0.39 is 17.7 Å². The van der Waals surface area contributed by atoms with Gasteiger partial charge in [0, 0.05) is 5.69 Å². The van der Waals surface area contributed by atoms with Gasteiger partial charge in [-0.2, -0.15) is 13.2 Å². The van der Waals surface area contributed by atoms with Crippen molar-refractivity contribution in [2.45, 2.75) is 13.1 Å². The minimum atomic E-state index is -4.44. The number of anilines is 2. The lowest BCUT2D eigenvalue weighted by Gasteiger charge is -2.12. The Balaban J connectivity index is 2.28. The van der Waals surface area contributed by atoms with E-state index in [2.05, 4.69) is 15.3 Å². The van der Waals surface area contributed by atoms with E-state index in [9.17, 15) is 18.0 Å². The third kappa shape index (κ3) is 3.47. The summed E-state index contributed by atoms with van der Waals surface area (Å²) in [6.07, 6.45) is -2.28. The standard InChI is InChI=1S/C13H10F3N3O2/c1-7-2-3-8(13(14,15)16)4-9(7)19-11-6-17-10(5-18-11)12(20)21/h2-6H,1H3,(H,18,19)(H,20,21). The van der Waals surface area contributed by atoms with Gasteiger partial charge in [0.25, 0.3) is 0 Å². The van der Waals surface area contributed by atoms with Gasteiger partial charge < -0.3 is 10.4 Å². The SMILES string of the molecule is Cc1ccc(C(F)(F)F)cc1Nc1cnc(C(=O)O)cn1. The monoisotopic (exact) mass is 297 g/mol. The molecule has 0 amide bonds. The molecule has 21 heavy (non-hydrogen) atoms. The first-order chi connectivity index (χ1) is 9.77. The second kappa shape index (κ2) is 5.39. The van der Waals surface area contributed by atoms with Crippen LogP contribution in [-0.2, 0) is 6.18 Å². The molecular formula is C13H10F3N3O2. The molecule has 0 saturated carbocycles. The maximum absolute atomic E-state index is 12.7. The molecule has 0 atom stereocenters. The van der Waals surface area contributed by atoms with Gasteiger partial charge in [0.1, 0.15) is 5.82 Å².